The number of aliphatic hydroxyl groups excluding tert-OH is 1. The Morgan fingerprint density at radius 2 is 1.83 bits per heavy atom. The number of nitrogens with one attached hydrogen (secondary N) is 1. The van der Waals surface area contributed by atoms with E-state index >= 15 is 0 Å². The van der Waals surface area contributed by atoms with Gasteiger partial charge in [0.15, 0.2) is 17.5 Å². The molecule has 6 N–H and O–H groups in total. The van der Waals surface area contributed by atoms with Gasteiger partial charge in [0, 0.05) is 17.3 Å². The lowest BCUT2D eigenvalue weighted by molar-refractivity contribution is 0.189. The van der Waals surface area contributed by atoms with Crippen LogP contribution in [0.25, 0.3) is 17.3 Å². The average Bonchev–Trinajstić information content (AvgIpc) is 3.32. The zero-order valence-corrected chi connectivity index (χ0v) is 20.4. The number of hydrogen-bond donors (Lipinski definition) is 4. The molecule has 36 heavy (non-hydrogen) atoms. The van der Waals surface area contributed by atoms with E-state index in [1.165, 1.54) is 25.5 Å². The third kappa shape index (κ3) is 5.91. The number of rotatable bonds is 5. The number of H-pyrrole nitrogens is 1. The molecule has 1 unspecified atom stereocenters. The molecule has 2 heterocycles. The summed E-state index contributed by atoms with van der Waals surface area (Å²) < 4.78 is 42.9. The maximum Gasteiger partial charge on any atom is 0.219 e. The summed E-state index contributed by atoms with van der Waals surface area (Å²) in [5.41, 5.74) is 12.8. The average molecular weight is 502 g/mol. The number of hydrogen-bond acceptors (Lipinski definition) is 7. The Kier molecular flexibility index (Phi) is 8.81. The van der Waals surface area contributed by atoms with Crippen LogP contribution in [0.2, 0.25) is 0 Å². The van der Waals surface area contributed by atoms with Crippen molar-refractivity contribution in [3.05, 3.63) is 76.3 Å². The molecule has 0 saturated carbocycles. The van der Waals surface area contributed by atoms with Gasteiger partial charge in [0.25, 0.3) is 0 Å². The van der Waals surface area contributed by atoms with Crippen molar-refractivity contribution in [3.8, 4) is 11.6 Å². The van der Waals surface area contributed by atoms with Crippen LogP contribution in [0.1, 0.15) is 75.6 Å². The predicted molar refractivity (Wildman–Crippen MR) is 130 cm³/mol. The minimum absolute atomic E-state index is 0.0575. The number of aromatic amines is 1. The first-order chi connectivity index (χ1) is 17.2. The summed E-state index contributed by atoms with van der Waals surface area (Å²) in [7, 11) is 0. The fraction of sp³-hybridized carbons (Fsp3) is 0.360. The minimum Gasteiger partial charge on any atom is -0.401 e. The third-order valence-corrected chi connectivity index (χ3v) is 5.47. The van der Waals surface area contributed by atoms with E-state index in [1.54, 1.807) is 0 Å². The van der Waals surface area contributed by atoms with Gasteiger partial charge in [-0.3, -0.25) is 5.10 Å². The maximum atomic E-state index is 14.7. The molecule has 0 amide bonds. The van der Waals surface area contributed by atoms with Gasteiger partial charge >= 0.3 is 0 Å². The molecule has 2 aromatic heterocycles. The first kappa shape index (κ1) is 26.9. The number of aliphatic hydroxyl groups is 1. The third-order valence-electron chi connectivity index (χ3n) is 5.47. The van der Waals surface area contributed by atoms with E-state index < -0.39 is 29.5 Å². The summed E-state index contributed by atoms with van der Waals surface area (Å²) in [4.78, 5) is 12.3. The fourth-order valence-corrected chi connectivity index (χ4v) is 3.79. The quantitative estimate of drug-likeness (QED) is 0.400. The highest BCUT2D eigenvalue weighted by atomic mass is 19.1. The van der Waals surface area contributed by atoms with Gasteiger partial charge in [-0.1, -0.05) is 26.3 Å². The van der Waals surface area contributed by atoms with Gasteiger partial charge in [-0.25, -0.2) is 28.1 Å². The highest BCUT2D eigenvalue weighted by Gasteiger charge is 2.27. The van der Waals surface area contributed by atoms with E-state index in [-0.39, 0.29) is 34.4 Å². The smallest absolute Gasteiger partial charge is 0.219 e. The minimum atomic E-state index is -0.873. The molecule has 0 bridgehead atoms. The maximum absolute atomic E-state index is 14.7. The summed E-state index contributed by atoms with van der Waals surface area (Å²) in [6.45, 7) is 5.77. The second-order valence-corrected chi connectivity index (χ2v) is 8.48. The molecule has 11 heteroatoms. The summed E-state index contributed by atoms with van der Waals surface area (Å²) in [5.74, 6) is -2.44. The zero-order chi connectivity index (χ0) is 26.4. The van der Waals surface area contributed by atoms with Crippen molar-refractivity contribution in [2.45, 2.75) is 58.5 Å². The molecule has 3 aromatic rings. The standard InChI is InChI=1S/C22H22F3N7O.C3H8/c1-10(33)20-30-22(32-31-20)21-28-9-15(25)19(29-21)12-5-2-4-11(18(12)27)8-16(26)17-13(23)6-3-7-14(17)24;1-3-2/h3,6-10,12,33H,2,4-5,26-27H2,1H3,(H,30,31,32);3H2,1-2H3/b16-8-;/t10-,12?;/m0./s1. The summed E-state index contributed by atoms with van der Waals surface area (Å²) in [6.07, 6.45) is 4.47. The Balaban J connectivity index is 0.00000115. The van der Waals surface area contributed by atoms with Crippen molar-refractivity contribution in [3.63, 3.8) is 0 Å². The molecule has 4 rings (SSSR count). The SMILES string of the molecule is CCC.C[C@H](O)c1nc(-c2ncc(F)c(C3CCCC(/C=C(\N)c4c(F)cccc4F)=C3N)n2)n[nH]1. The van der Waals surface area contributed by atoms with E-state index in [2.05, 4.69) is 39.0 Å². The predicted octanol–water partition coefficient (Wildman–Crippen LogP) is 4.63. The fourth-order valence-electron chi connectivity index (χ4n) is 3.79. The number of allylic oxidation sites excluding steroid dienone is 3. The van der Waals surface area contributed by atoms with Gasteiger partial charge < -0.3 is 16.6 Å². The molecule has 0 fully saturated rings. The largest absolute Gasteiger partial charge is 0.401 e. The normalized spacial score (nSPS) is 17.0. The summed E-state index contributed by atoms with van der Waals surface area (Å²) in [6, 6.07) is 3.48. The number of halogens is 3. The molecule has 8 nitrogen and oxygen atoms in total. The van der Waals surface area contributed by atoms with Crippen molar-refractivity contribution in [2.24, 2.45) is 11.5 Å². The molecule has 0 radical (unpaired) electrons. The Labute approximate surface area is 207 Å². The lowest BCUT2D eigenvalue weighted by Crippen LogP contribution is -2.20. The molecule has 0 saturated heterocycles. The molecule has 192 valence electrons. The molecule has 1 aliphatic rings. The number of benzene rings is 1. The Morgan fingerprint density at radius 1 is 1.17 bits per heavy atom. The van der Waals surface area contributed by atoms with Crippen molar-refractivity contribution in [1.82, 2.24) is 25.1 Å². The van der Waals surface area contributed by atoms with Crippen LogP contribution in [0.15, 0.2) is 41.7 Å². The van der Waals surface area contributed by atoms with Crippen molar-refractivity contribution < 1.29 is 18.3 Å². The topological polar surface area (TPSA) is 140 Å². The molecule has 1 aliphatic carbocycles. The monoisotopic (exact) mass is 501 g/mol. The molecule has 0 aliphatic heterocycles. The number of nitrogens with two attached hydrogens (primary N) is 2. The lowest BCUT2D eigenvalue weighted by Gasteiger charge is -2.25. The van der Waals surface area contributed by atoms with Gasteiger partial charge in [-0.15, -0.1) is 5.10 Å². The summed E-state index contributed by atoms with van der Waals surface area (Å²) >= 11 is 0. The van der Waals surface area contributed by atoms with E-state index in [1.807, 2.05) is 0 Å². The van der Waals surface area contributed by atoms with Crippen LogP contribution >= 0.6 is 0 Å². The van der Waals surface area contributed by atoms with Gasteiger partial charge in [-0.2, -0.15) is 0 Å². The van der Waals surface area contributed by atoms with Crippen LogP contribution in [-0.4, -0.2) is 30.3 Å². The van der Waals surface area contributed by atoms with Gasteiger partial charge in [0.05, 0.1) is 17.5 Å². The second kappa shape index (κ2) is 11.8. The number of nitrogens with zero attached hydrogens (tertiary/aromatic N) is 4. The first-order valence-corrected chi connectivity index (χ1v) is 11.7. The second-order valence-electron chi connectivity index (χ2n) is 8.48. The van der Waals surface area contributed by atoms with Crippen LogP contribution in [0, 0.1) is 17.5 Å². The highest BCUT2D eigenvalue weighted by molar-refractivity contribution is 5.67. The van der Waals surface area contributed by atoms with Crippen molar-refractivity contribution >= 4 is 5.70 Å². The van der Waals surface area contributed by atoms with Crippen LogP contribution in [0.5, 0.6) is 0 Å². The van der Waals surface area contributed by atoms with Crippen LogP contribution in [0.4, 0.5) is 13.2 Å². The van der Waals surface area contributed by atoms with Gasteiger partial charge in [0.1, 0.15) is 17.7 Å². The number of aromatic nitrogens is 5. The van der Waals surface area contributed by atoms with Crippen molar-refractivity contribution in [2.75, 3.05) is 0 Å². The summed E-state index contributed by atoms with van der Waals surface area (Å²) in [5, 5.41) is 16.2. The van der Waals surface area contributed by atoms with E-state index in [0.29, 0.717) is 30.5 Å². The lowest BCUT2D eigenvalue weighted by atomic mass is 9.84. The Bertz CT molecular complexity index is 1250. The van der Waals surface area contributed by atoms with Crippen LogP contribution in [0.3, 0.4) is 0 Å². The molecular formula is C25H30F3N7O. The molecule has 1 aromatic carbocycles. The molecular weight excluding hydrogens is 471 g/mol. The zero-order valence-electron chi connectivity index (χ0n) is 20.4. The van der Waals surface area contributed by atoms with E-state index in [0.717, 1.165) is 18.3 Å². The van der Waals surface area contributed by atoms with E-state index in [4.69, 9.17) is 11.5 Å². The molecule has 0 spiro atoms. The Hall–Kier alpha value is -3.73. The van der Waals surface area contributed by atoms with Gasteiger partial charge in [-0.05, 0) is 50.0 Å². The Morgan fingerprint density at radius 3 is 2.44 bits per heavy atom. The van der Waals surface area contributed by atoms with E-state index in [9.17, 15) is 18.3 Å². The van der Waals surface area contributed by atoms with Crippen LogP contribution in [-0.2, 0) is 0 Å². The first-order valence-electron chi connectivity index (χ1n) is 11.7. The molecule has 2 atom stereocenters. The van der Waals surface area contributed by atoms with Crippen LogP contribution < -0.4 is 11.5 Å². The highest BCUT2D eigenvalue weighted by Crippen LogP contribution is 2.37. The van der Waals surface area contributed by atoms with Crippen molar-refractivity contribution in [1.29, 1.82) is 0 Å². The van der Waals surface area contributed by atoms with Gasteiger partial charge in [0.2, 0.25) is 5.82 Å².